The van der Waals surface area contributed by atoms with Crippen molar-refractivity contribution in [3.8, 4) is 5.75 Å². The first-order chi connectivity index (χ1) is 9.68. The van der Waals surface area contributed by atoms with Crippen LogP contribution < -0.4 is 10.5 Å². The number of aliphatic hydroxyl groups is 1. The Morgan fingerprint density at radius 2 is 1.81 bits per heavy atom. The Kier molecular flexibility index (Phi) is 4.11. The van der Waals surface area contributed by atoms with E-state index in [-0.39, 0.29) is 22.7 Å². The highest BCUT2D eigenvalue weighted by molar-refractivity contribution is 5.41. The van der Waals surface area contributed by atoms with Gasteiger partial charge in [-0.15, -0.1) is 0 Å². The molecule has 21 heavy (non-hydrogen) atoms. The van der Waals surface area contributed by atoms with Gasteiger partial charge in [0.15, 0.2) is 0 Å². The molecule has 1 aromatic carbocycles. The third-order valence-corrected chi connectivity index (χ3v) is 5.92. The molecule has 0 bridgehead atoms. The van der Waals surface area contributed by atoms with Gasteiger partial charge in [-0.1, -0.05) is 45.4 Å². The Labute approximate surface area is 128 Å². The molecule has 0 aromatic heterocycles. The van der Waals surface area contributed by atoms with E-state index < -0.39 is 6.10 Å². The molecule has 1 aromatic rings. The molecule has 0 aliphatic heterocycles. The predicted molar refractivity (Wildman–Crippen MR) is 86.6 cm³/mol. The molecule has 0 heterocycles. The van der Waals surface area contributed by atoms with Gasteiger partial charge in [0.05, 0.1) is 13.2 Å². The van der Waals surface area contributed by atoms with Crippen LogP contribution in [0.2, 0.25) is 0 Å². The highest BCUT2D eigenvalue weighted by Gasteiger charge is 2.67. The monoisotopic (exact) mass is 291 g/mol. The Balaban J connectivity index is 2.35. The Morgan fingerprint density at radius 3 is 2.24 bits per heavy atom. The van der Waals surface area contributed by atoms with Crippen molar-refractivity contribution in [3.63, 3.8) is 0 Å². The summed E-state index contributed by atoms with van der Waals surface area (Å²) in [6, 6.07) is 6.07. The number of aliphatic hydroxyl groups excluding tert-OH is 1. The van der Waals surface area contributed by atoms with Gasteiger partial charge < -0.3 is 15.6 Å². The summed E-state index contributed by atoms with van der Waals surface area (Å²) in [5.74, 6) is 0.973. The van der Waals surface area contributed by atoms with Crippen molar-refractivity contribution in [1.29, 1.82) is 0 Å². The van der Waals surface area contributed by atoms with Crippen LogP contribution in [0.3, 0.4) is 0 Å². The van der Waals surface area contributed by atoms with E-state index in [1.807, 2.05) is 19.1 Å². The van der Waals surface area contributed by atoms with Crippen LogP contribution >= 0.6 is 0 Å². The zero-order valence-electron chi connectivity index (χ0n) is 14.1. The van der Waals surface area contributed by atoms with Gasteiger partial charge in [-0.3, -0.25) is 0 Å². The van der Waals surface area contributed by atoms with Crippen molar-refractivity contribution < 1.29 is 9.84 Å². The molecule has 3 heteroatoms. The van der Waals surface area contributed by atoms with Gasteiger partial charge >= 0.3 is 0 Å². The molecule has 2 rings (SSSR count). The first kappa shape index (κ1) is 16.3. The first-order valence-corrected chi connectivity index (χ1v) is 7.71. The van der Waals surface area contributed by atoms with Gasteiger partial charge in [0.2, 0.25) is 0 Å². The summed E-state index contributed by atoms with van der Waals surface area (Å²) in [6.45, 7) is 11.4. The fourth-order valence-electron chi connectivity index (χ4n) is 3.93. The number of ether oxygens (including phenoxy) is 1. The Morgan fingerprint density at radius 1 is 1.24 bits per heavy atom. The lowest BCUT2D eigenvalue weighted by Gasteiger charge is -2.25. The minimum Gasteiger partial charge on any atom is -0.496 e. The number of aryl methyl sites for hydroxylation is 1. The summed E-state index contributed by atoms with van der Waals surface area (Å²) in [5, 5.41) is 10.9. The summed E-state index contributed by atoms with van der Waals surface area (Å²) >= 11 is 0. The maximum absolute atomic E-state index is 10.9. The number of rotatable bonds is 5. The lowest BCUT2D eigenvalue weighted by Crippen LogP contribution is -2.30. The molecule has 0 radical (unpaired) electrons. The lowest BCUT2D eigenvalue weighted by atomic mass is 9.86. The number of benzene rings is 1. The van der Waals surface area contributed by atoms with Crippen molar-refractivity contribution in [1.82, 2.24) is 0 Å². The molecule has 1 saturated carbocycles. The van der Waals surface area contributed by atoms with Crippen LogP contribution in [-0.4, -0.2) is 24.9 Å². The molecule has 1 aliphatic carbocycles. The van der Waals surface area contributed by atoms with Gasteiger partial charge in [0.1, 0.15) is 5.75 Å². The molecule has 0 amide bonds. The summed E-state index contributed by atoms with van der Waals surface area (Å²) in [6.07, 6.45) is -0.448. The standard InChI is InChI=1S/C18H29NO2/c1-11-7-8-14(21-6)12(9-11)13(10-19)15(20)16-17(2,3)18(16,4)5/h7-9,13,15-16,20H,10,19H2,1-6H3. The molecule has 3 nitrogen and oxygen atoms in total. The second kappa shape index (κ2) is 5.29. The number of hydrogen-bond donors (Lipinski definition) is 2. The number of nitrogens with two attached hydrogens (primary N) is 1. The Hall–Kier alpha value is -1.06. The van der Waals surface area contributed by atoms with Crippen LogP contribution in [-0.2, 0) is 0 Å². The maximum Gasteiger partial charge on any atom is 0.122 e. The third-order valence-electron chi connectivity index (χ3n) is 5.92. The average molecular weight is 291 g/mol. The van der Waals surface area contributed by atoms with Gasteiger partial charge in [0, 0.05) is 18.0 Å². The highest BCUT2D eigenvalue weighted by atomic mass is 16.5. The number of hydrogen-bond acceptors (Lipinski definition) is 3. The third kappa shape index (κ3) is 2.47. The summed E-state index contributed by atoms with van der Waals surface area (Å²) in [4.78, 5) is 0. The van der Waals surface area contributed by atoms with E-state index in [0.717, 1.165) is 16.9 Å². The quantitative estimate of drug-likeness (QED) is 0.876. The minimum atomic E-state index is -0.448. The molecule has 0 spiro atoms. The van der Waals surface area contributed by atoms with E-state index in [4.69, 9.17) is 10.5 Å². The smallest absolute Gasteiger partial charge is 0.122 e. The van der Waals surface area contributed by atoms with Gasteiger partial charge in [-0.25, -0.2) is 0 Å². The molecular weight excluding hydrogens is 262 g/mol. The summed E-state index contributed by atoms with van der Waals surface area (Å²) < 4.78 is 5.47. The molecule has 0 saturated heterocycles. The van der Waals surface area contributed by atoms with Gasteiger partial charge in [-0.05, 0) is 29.7 Å². The predicted octanol–water partition coefficient (Wildman–Crippen LogP) is 3.09. The molecule has 2 unspecified atom stereocenters. The van der Waals surface area contributed by atoms with Gasteiger partial charge in [0.25, 0.3) is 0 Å². The average Bonchev–Trinajstić information content (AvgIpc) is 2.80. The second-order valence-electron chi connectivity index (χ2n) is 7.50. The van der Waals surface area contributed by atoms with Crippen LogP contribution in [0.5, 0.6) is 5.75 Å². The molecule has 3 N–H and O–H groups in total. The van der Waals surface area contributed by atoms with Crippen LogP contribution in [0.4, 0.5) is 0 Å². The normalized spacial score (nSPS) is 22.7. The van der Waals surface area contributed by atoms with Crippen molar-refractivity contribution in [3.05, 3.63) is 29.3 Å². The van der Waals surface area contributed by atoms with Crippen LogP contribution in [0, 0.1) is 23.7 Å². The molecule has 1 aliphatic rings. The molecule has 1 fully saturated rings. The van der Waals surface area contributed by atoms with E-state index in [9.17, 15) is 5.11 Å². The number of methoxy groups -OCH3 is 1. The van der Waals surface area contributed by atoms with E-state index in [1.165, 1.54) is 0 Å². The summed E-state index contributed by atoms with van der Waals surface area (Å²) in [5.41, 5.74) is 8.46. The van der Waals surface area contributed by atoms with Crippen molar-refractivity contribution in [2.24, 2.45) is 22.5 Å². The molecule has 2 atom stereocenters. The van der Waals surface area contributed by atoms with Crippen LogP contribution in [0.25, 0.3) is 0 Å². The summed E-state index contributed by atoms with van der Waals surface area (Å²) in [7, 11) is 1.67. The van der Waals surface area contributed by atoms with Crippen molar-refractivity contribution in [2.45, 2.75) is 46.6 Å². The first-order valence-electron chi connectivity index (χ1n) is 7.71. The van der Waals surface area contributed by atoms with Crippen molar-refractivity contribution in [2.75, 3.05) is 13.7 Å². The largest absolute Gasteiger partial charge is 0.496 e. The Bertz CT molecular complexity index is 508. The van der Waals surface area contributed by atoms with E-state index in [2.05, 4.69) is 33.8 Å². The lowest BCUT2D eigenvalue weighted by molar-refractivity contribution is 0.101. The fraction of sp³-hybridized carbons (Fsp3) is 0.667. The highest BCUT2D eigenvalue weighted by Crippen LogP contribution is 2.70. The fourth-order valence-corrected chi connectivity index (χ4v) is 3.93. The van der Waals surface area contributed by atoms with Crippen molar-refractivity contribution >= 4 is 0 Å². The van der Waals surface area contributed by atoms with E-state index in [1.54, 1.807) is 7.11 Å². The minimum absolute atomic E-state index is 0.0918. The van der Waals surface area contributed by atoms with Crippen LogP contribution in [0.15, 0.2) is 18.2 Å². The molecular formula is C18H29NO2. The zero-order valence-corrected chi connectivity index (χ0v) is 14.1. The SMILES string of the molecule is COc1ccc(C)cc1C(CN)C(O)C1C(C)(C)C1(C)C. The van der Waals surface area contributed by atoms with E-state index in [0.29, 0.717) is 6.54 Å². The topological polar surface area (TPSA) is 55.5 Å². The molecule has 118 valence electrons. The van der Waals surface area contributed by atoms with E-state index >= 15 is 0 Å². The second-order valence-corrected chi connectivity index (χ2v) is 7.50. The van der Waals surface area contributed by atoms with Crippen LogP contribution in [0.1, 0.15) is 44.7 Å². The maximum atomic E-state index is 10.9. The van der Waals surface area contributed by atoms with Gasteiger partial charge in [-0.2, -0.15) is 0 Å². The zero-order chi connectivity index (χ0) is 16.0.